The highest BCUT2D eigenvalue weighted by atomic mass is 16.5. The third kappa shape index (κ3) is 3.17. The van der Waals surface area contributed by atoms with Gasteiger partial charge in [0.15, 0.2) is 0 Å². The highest BCUT2D eigenvalue weighted by Crippen LogP contribution is 2.59. The lowest BCUT2D eigenvalue weighted by Crippen LogP contribution is -2.61. The lowest BCUT2D eigenvalue weighted by Gasteiger charge is -2.59. The largest absolute Gasteiger partial charge is 0.460 e. The molecule has 25 heavy (non-hydrogen) atoms. The van der Waals surface area contributed by atoms with Crippen molar-refractivity contribution in [3.05, 3.63) is 35.9 Å². The van der Waals surface area contributed by atoms with Crippen molar-refractivity contribution in [3.63, 3.8) is 0 Å². The van der Waals surface area contributed by atoms with Gasteiger partial charge in [-0.3, -0.25) is 9.59 Å². The normalized spacial score (nSPS) is 35.5. The summed E-state index contributed by atoms with van der Waals surface area (Å²) in [6.45, 7) is 0.546. The fourth-order valence-electron chi connectivity index (χ4n) is 5.65. The predicted octanol–water partition coefficient (Wildman–Crippen LogP) is 2.00. The maximum atomic E-state index is 12.1. The van der Waals surface area contributed by atoms with Crippen LogP contribution in [-0.2, 0) is 20.9 Å². The molecular weight excluding hydrogens is 316 g/mol. The molecule has 4 aliphatic carbocycles. The number of primary amides is 1. The van der Waals surface area contributed by atoms with Crippen molar-refractivity contribution in [1.29, 1.82) is 0 Å². The predicted molar refractivity (Wildman–Crippen MR) is 93.2 cm³/mol. The second kappa shape index (κ2) is 6.45. The molecule has 0 heterocycles. The number of amides is 1. The Kier molecular flexibility index (Phi) is 4.28. The summed E-state index contributed by atoms with van der Waals surface area (Å²) in [6, 6.07) is 10.0. The average molecular weight is 342 g/mol. The molecule has 134 valence electrons. The molecule has 2 unspecified atom stereocenters. The van der Waals surface area contributed by atoms with Crippen molar-refractivity contribution >= 4 is 11.9 Å². The Balaban J connectivity index is 1.30. The Hall–Kier alpha value is -1.88. The zero-order valence-corrected chi connectivity index (χ0v) is 14.4. The van der Waals surface area contributed by atoms with Crippen LogP contribution in [0.4, 0.5) is 0 Å². The maximum absolute atomic E-state index is 12.1. The number of carbonyl (C=O) groups excluding carboxylic acids is 2. The summed E-state index contributed by atoms with van der Waals surface area (Å²) in [5, 5.41) is 3.43. The minimum absolute atomic E-state index is 0.118. The van der Waals surface area contributed by atoms with Crippen molar-refractivity contribution in [2.45, 2.75) is 44.8 Å². The van der Waals surface area contributed by atoms with E-state index in [1.807, 2.05) is 30.3 Å². The van der Waals surface area contributed by atoms with Crippen molar-refractivity contribution in [3.8, 4) is 0 Å². The lowest BCUT2D eigenvalue weighted by molar-refractivity contribution is -0.149. The average Bonchev–Trinajstić information content (AvgIpc) is 2.59. The van der Waals surface area contributed by atoms with E-state index in [-0.39, 0.29) is 23.8 Å². The van der Waals surface area contributed by atoms with E-state index in [4.69, 9.17) is 10.5 Å². The van der Waals surface area contributed by atoms with Gasteiger partial charge < -0.3 is 15.8 Å². The van der Waals surface area contributed by atoms with Gasteiger partial charge in [0.2, 0.25) is 5.91 Å². The van der Waals surface area contributed by atoms with Gasteiger partial charge in [0.25, 0.3) is 0 Å². The van der Waals surface area contributed by atoms with Crippen LogP contribution in [0.2, 0.25) is 0 Å². The highest BCUT2D eigenvalue weighted by molar-refractivity contribution is 5.81. The van der Waals surface area contributed by atoms with E-state index in [0.717, 1.165) is 37.7 Å². The number of carbonyl (C=O) groups is 2. The molecule has 4 saturated carbocycles. The number of hydrogen-bond acceptors (Lipinski definition) is 4. The van der Waals surface area contributed by atoms with E-state index in [1.165, 1.54) is 0 Å². The molecule has 4 fully saturated rings. The van der Waals surface area contributed by atoms with Crippen LogP contribution >= 0.6 is 0 Å². The first kappa shape index (κ1) is 16.6. The minimum Gasteiger partial charge on any atom is -0.460 e. The summed E-state index contributed by atoms with van der Waals surface area (Å²) >= 11 is 0. The number of ether oxygens (including phenoxy) is 1. The van der Waals surface area contributed by atoms with Crippen LogP contribution in [0.15, 0.2) is 30.3 Å². The molecule has 0 aromatic heterocycles. The Morgan fingerprint density at radius 3 is 2.44 bits per heavy atom. The molecule has 5 nitrogen and oxygen atoms in total. The van der Waals surface area contributed by atoms with Gasteiger partial charge in [0.05, 0.1) is 6.54 Å². The van der Waals surface area contributed by atoms with E-state index in [2.05, 4.69) is 5.32 Å². The van der Waals surface area contributed by atoms with Gasteiger partial charge in [-0.1, -0.05) is 30.3 Å². The molecule has 0 aliphatic heterocycles. The third-order valence-corrected chi connectivity index (χ3v) is 6.52. The fourth-order valence-corrected chi connectivity index (χ4v) is 5.65. The standard InChI is InChI=1S/C20H26N2O3/c21-19(24)20-8-14-6-15(9-20)18(16(7-14)10-20)22-11-17(23)25-12-13-4-2-1-3-5-13/h1-5,14-16,18,22H,6-12H2,(H2,21,24). The number of rotatable bonds is 6. The van der Waals surface area contributed by atoms with Gasteiger partial charge in [0, 0.05) is 11.5 Å². The van der Waals surface area contributed by atoms with Crippen molar-refractivity contribution in [2.75, 3.05) is 6.54 Å². The molecule has 2 atom stereocenters. The maximum Gasteiger partial charge on any atom is 0.320 e. The van der Waals surface area contributed by atoms with Crippen LogP contribution in [0.25, 0.3) is 0 Å². The molecular formula is C20H26N2O3. The van der Waals surface area contributed by atoms with E-state index >= 15 is 0 Å². The third-order valence-electron chi connectivity index (χ3n) is 6.52. The van der Waals surface area contributed by atoms with E-state index in [1.54, 1.807) is 0 Å². The first-order valence-corrected chi connectivity index (χ1v) is 9.28. The summed E-state index contributed by atoms with van der Waals surface area (Å²) in [5.41, 5.74) is 6.44. The first-order chi connectivity index (χ1) is 12.1. The second-order valence-corrected chi connectivity index (χ2v) is 8.17. The fraction of sp³-hybridized carbons (Fsp3) is 0.600. The molecule has 1 amide bonds. The number of nitrogens with one attached hydrogen (secondary N) is 1. The Labute approximate surface area is 148 Å². The molecule has 0 radical (unpaired) electrons. The van der Waals surface area contributed by atoms with E-state index in [9.17, 15) is 9.59 Å². The minimum atomic E-state index is -0.275. The summed E-state index contributed by atoms with van der Waals surface area (Å²) in [7, 11) is 0. The second-order valence-electron chi connectivity index (χ2n) is 8.17. The zero-order chi connectivity index (χ0) is 17.4. The van der Waals surface area contributed by atoms with Gasteiger partial charge >= 0.3 is 5.97 Å². The molecule has 5 rings (SSSR count). The van der Waals surface area contributed by atoms with Crippen molar-refractivity contribution < 1.29 is 14.3 Å². The Morgan fingerprint density at radius 2 is 1.80 bits per heavy atom. The molecule has 0 spiro atoms. The van der Waals surface area contributed by atoms with Crippen molar-refractivity contribution in [2.24, 2.45) is 28.9 Å². The first-order valence-electron chi connectivity index (χ1n) is 9.28. The van der Waals surface area contributed by atoms with Crippen LogP contribution in [0.3, 0.4) is 0 Å². The highest BCUT2D eigenvalue weighted by Gasteiger charge is 2.57. The number of nitrogens with two attached hydrogens (primary N) is 1. The Bertz CT molecular complexity index is 644. The summed E-state index contributed by atoms with van der Waals surface area (Å²) < 4.78 is 5.35. The van der Waals surface area contributed by atoms with E-state index < -0.39 is 0 Å². The topological polar surface area (TPSA) is 81.4 Å². The van der Waals surface area contributed by atoms with Crippen molar-refractivity contribution in [1.82, 2.24) is 5.32 Å². The molecule has 4 aliphatic rings. The van der Waals surface area contributed by atoms with E-state index in [0.29, 0.717) is 30.4 Å². The summed E-state index contributed by atoms with van der Waals surface area (Å²) in [4.78, 5) is 24.0. The smallest absolute Gasteiger partial charge is 0.320 e. The SMILES string of the molecule is NC(=O)C12CC3CC(C1)C(NCC(=O)OCc1ccccc1)C(C3)C2. The van der Waals surface area contributed by atoms with Crippen LogP contribution in [0.5, 0.6) is 0 Å². The van der Waals surface area contributed by atoms with Gasteiger partial charge in [-0.2, -0.15) is 0 Å². The molecule has 0 saturated heterocycles. The van der Waals surface area contributed by atoms with Crippen LogP contribution in [0, 0.1) is 23.2 Å². The van der Waals surface area contributed by atoms with Crippen LogP contribution < -0.4 is 11.1 Å². The summed E-state index contributed by atoms with van der Waals surface area (Å²) in [6.07, 6.45) is 5.05. The molecule has 1 aromatic rings. The van der Waals surface area contributed by atoms with Crippen LogP contribution in [-0.4, -0.2) is 24.5 Å². The molecule has 3 N–H and O–H groups in total. The number of benzene rings is 1. The Morgan fingerprint density at radius 1 is 1.12 bits per heavy atom. The van der Waals surface area contributed by atoms with Gasteiger partial charge in [-0.05, 0) is 55.4 Å². The van der Waals surface area contributed by atoms with Gasteiger partial charge in [-0.15, -0.1) is 0 Å². The molecule has 4 bridgehead atoms. The zero-order valence-electron chi connectivity index (χ0n) is 14.4. The number of hydrogen-bond donors (Lipinski definition) is 2. The quantitative estimate of drug-likeness (QED) is 0.775. The summed E-state index contributed by atoms with van der Waals surface area (Å²) in [5.74, 6) is 1.21. The molecule has 1 aromatic carbocycles. The monoisotopic (exact) mass is 342 g/mol. The molecule has 5 heteroatoms. The lowest BCUT2D eigenvalue weighted by atomic mass is 9.47. The van der Waals surface area contributed by atoms with Gasteiger partial charge in [-0.25, -0.2) is 0 Å². The van der Waals surface area contributed by atoms with Gasteiger partial charge in [0.1, 0.15) is 6.61 Å². The number of esters is 1. The van der Waals surface area contributed by atoms with Crippen LogP contribution in [0.1, 0.15) is 37.7 Å².